The van der Waals surface area contributed by atoms with E-state index in [0.29, 0.717) is 10.8 Å². The Morgan fingerprint density at radius 1 is 1.12 bits per heavy atom. The van der Waals surface area contributed by atoms with Crippen LogP contribution in [-0.4, -0.2) is 18.4 Å². The summed E-state index contributed by atoms with van der Waals surface area (Å²) in [5, 5.41) is 0. The standard InChI is InChI=1S/C30H48O3/c1-21(2)8-5-6-9-22-12-14-26-25-13-11-23-20-24(33-28(32)10-7-19-31)15-17-30(23,4)27(25)16-18-29(22,26)3/h11,19,21-22,24-27H,5-10,12-18,20H2,1-4H3. The van der Waals surface area contributed by atoms with Crippen molar-refractivity contribution in [1.82, 2.24) is 0 Å². The fraction of sp³-hybridized carbons (Fsp3) is 0.867. The Hall–Kier alpha value is -1.12. The molecule has 0 saturated heterocycles. The van der Waals surface area contributed by atoms with E-state index >= 15 is 0 Å². The van der Waals surface area contributed by atoms with Crippen molar-refractivity contribution in [2.75, 3.05) is 0 Å². The molecule has 0 amide bonds. The Balaban J connectivity index is 1.39. The number of rotatable bonds is 9. The van der Waals surface area contributed by atoms with Crippen molar-refractivity contribution < 1.29 is 14.3 Å². The summed E-state index contributed by atoms with van der Waals surface area (Å²) < 4.78 is 5.75. The largest absolute Gasteiger partial charge is 0.462 e. The van der Waals surface area contributed by atoms with Gasteiger partial charge in [-0.25, -0.2) is 0 Å². The molecule has 3 nitrogen and oxygen atoms in total. The smallest absolute Gasteiger partial charge is 0.306 e. The van der Waals surface area contributed by atoms with E-state index < -0.39 is 0 Å². The Labute approximate surface area is 202 Å². The van der Waals surface area contributed by atoms with Gasteiger partial charge in [0.05, 0.1) is 6.42 Å². The van der Waals surface area contributed by atoms with Crippen LogP contribution in [0.5, 0.6) is 0 Å². The lowest BCUT2D eigenvalue weighted by Gasteiger charge is -2.58. The number of ether oxygens (including phenoxy) is 1. The van der Waals surface area contributed by atoms with Gasteiger partial charge in [0, 0.05) is 12.8 Å². The van der Waals surface area contributed by atoms with E-state index in [1.165, 1.54) is 57.8 Å². The predicted octanol–water partition coefficient (Wildman–Crippen LogP) is 7.67. The van der Waals surface area contributed by atoms with Crippen LogP contribution in [0.25, 0.3) is 0 Å². The second-order valence-electron chi connectivity index (χ2n) is 12.8. The first kappa shape index (κ1) is 25.0. The van der Waals surface area contributed by atoms with Crippen molar-refractivity contribution in [3.8, 4) is 0 Å². The maximum Gasteiger partial charge on any atom is 0.306 e. The topological polar surface area (TPSA) is 43.4 Å². The molecule has 4 aliphatic carbocycles. The second-order valence-corrected chi connectivity index (χ2v) is 12.8. The van der Waals surface area contributed by atoms with Crippen LogP contribution >= 0.6 is 0 Å². The Morgan fingerprint density at radius 2 is 1.94 bits per heavy atom. The summed E-state index contributed by atoms with van der Waals surface area (Å²) in [5.41, 5.74) is 2.42. The van der Waals surface area contributed by atoms with Crippen molar-refractivity contribution in [2.45, 2.75) is 124 Å². The maximum absolute atomic E-state index is 12.1. The molecule has 4 rings (SSSR count). The van der Waals surface area contributed by atoms with Crippen LogP contribution < -0.4 is 0 Å². The number of unbranched alkanes of at least 4 members (excludes halogenated alkanes) is 1. The Morgan fingerprint density at radius 3 is 2.70 bits per heavy atom. The van der Waals surface area contributed by atoms with E-state index in [9.17, 15) is 9.59 Å². The average Bonchev–Trinajstić information content (AvgIpc) is 3.11. The molecule has 7 atom stereocenters. The predicted molar refractivity (Wildman–Crippen MR) is 134 cm³/mol. The molecule has 186 valence electrons. The van der Waals surface area contributed by atoms with E-state index in [-0.39, 0.29) is 24.9 Å². The number of carbonyl (C=O) groups is 2. The summed E-state index contributed by atoms with van der Waals surface area (Å²) in [6.45, 7) is 9.89. The fourth-order valence-corrected chi connectivity index (χ4v) is 8.68. The number of allylic oxidation sites excluding steroid dienone is 1. The summed E-state index contributed by atoms with van der Waals surface area (Å²) >= 11 is 0. The number of hydrogen-bond donors (Lipinski definition) is 0. The van der Waals surface area contributed by atoms with Crippen LogP contribution in [-0.2, 0) is 14.3 Å². The van der Waals surface area contributed by atoms with Gasteiger partial charge in [-0.1, -0.05) is 58.6 Å². The van der Waals surface area contributed by atoms with Gasteiger partial charge in [0.15, 0.2) is 0 Å². The molecule has 3 fully saturated rings. The highest BCUT2D eigenvalue weighted by atomic mass is 16.5. The molecule has 0 N–H and O–H groups in total. The van der Waals surface area contributed by atoms with Crippen molar-refractivity contribution >= 4 is 12.3 Å². The van der Waals surface area contributed by atoms with Crippen molar-refractivity contribution in [3.63, 3.8) is 0 Å². The van der Waals surface area contributed by atoms with Crippen LogP contribution in [0.15, 0.2) is 11.6 Å². The lowest BCUT2D eigenvalue weighted by molar-refractivity contribution is -0.152. The first-order valence-electron chi connectivity index (χ1n) is 14.1. The summed E-state index contributed by atoms with van der Waals surface area (Å²) in [5.74, 6) is 4.14. The SMILES string of the molecule is CC(C)CCCCC1CCC2C3CC=C4CC(OC(=O)CCC=O)CCC4(C)C3CCC12C. The normalized spacial score (nSPS) is 39.9. The van der Waals surface area contributed by atoms with E-state index in [4.69, 9.17) is 4.74 Å². The van der Waals surface area contributed by atoms with Crippen LogP contribution in [0.2, 0.25) is 0 Å². The third-order valence-corrected chi connectivity index (χ3v) is 10.6. The lowest BCUT2D eigenvalue weighted by Crippen LogP contribution is -2.50. The molecule has 3 saturated carbocycles. The van der Waals surface area contributed by atoms with Gasteiger partial charge in [0.25, 0.3) is 0 Å². The number of hydrogen-bond acceptors (Lipinski definition) is 3. The summed E-state index contributed by atoms with van der Waals surface area (Å²) in [6, 6.07) is 0. The molecule has 7 unspecified atom stereocenters. The van der Waals surface area contributed by atoms with E-state index in [0.717, 1.165) is 55.1 Å². The van der Waals surface area contributed by atoms with Gasteiger partial charge in [-0.05, 0) is 91.8 Å². The Bertz CT molecular complexity index is 739. The quantitative estimate of drug-likeness (QED) is 0.155. The minimum atomic E-state index is -0.205. The summed E-state index contributed by atoms with van der Waals surface area (Å²) in [7, 11) is 0. The van der Waals surface area contributed by atoms with Crippen LogP contribution in [0.4, 0.5) is 0 Å². The van der Waals surface area contributed by atoms with Crippen molar-refractivity contribution in [3.05, 3.63) is 11.6 Å². The van der Waals surface area contributed by atoms with Gasteiger partial charge in [-0.2, -0.15) is 0 Å². The van der Waals surface area contributed by atoms with Gasteiger partial charge < -0.3 is 9.53 Å². The Kier molecular flexibility index (Phi) is 7.76. The van der Waals surface area contributed by atoms with Crippen LogP contribution in [0.1, 0.15) is 118 Å². The molecule has 33 heavy (non-hydrogen) atoms. The number of carbonyl (C=O) groups excluding carboxylic acids is 2. The minimum absolute atomic E-state index is 0.00980. The fourth-order valence-electron chi connectivity index (χ4n) is 8.68. The third-order valence-electron chi connectivity index (χ3n) is 10.6. The van der Waals surface area contributed by atoms with Gasteiger partial charge in [-0.3, -0.25) is 4.79 Å². The molecule has 4 aliphatic rings. The highest BCUT2D eigenvalue weighted by molar-refractivity contribution is 5.72. The van der Waals surface area contributed by atoms with Crippen LogP contribution in [0.3, 0.4) is 0 Å². The molecule has 0 spiro atoms. The number of fused-ring (bicyclic) bond motifs is 5. The van der Waals surface area contributed by atoms with E-state index in [1.807, 2.05) is 0 Å². The lowest BCUT2D eigenvalue weighted by atomic mass is 9.47. The monoisotopic (exact) mass is 456 g/mol. The van der Waals surface area contributed by atoms with Gasteiger partial charge in [0.2, 0.25) is 0 Å². The molecule has 0 aromatic rings. The molecule has 0 radical (unpaired) electrons. The maximum atomic E-state index is 12.1. The first-order valence-corrected chi connectivity index (χ1v) is 14.1. The molecule has 0 aliphatic heterocycles. The van der Waals surface area contributed by atoms with Gasteiger partial charge in [0.1, 0.15) is 12.4 Å². The number of aldehydes is 1. The van der Waals surface area contributed by atoms with Crippen molar-refractivity contribution in [1.29, 1.82) is 0 Å². The summed E-state index contributed by atoms with van der Waals surface area (Å²) in [4.78, 5) is 22.6. The zero-order valence-corrected chi connectivity index (χ0v) is 21.7. The molecule has 0 bridgehead atoms. The third kappa shape index (κ3) is 4.98. The summed E-state index contributed by atoms with van der Waals surface area (Å²) in [6.07, 6.45) is 19.5. The molecule has 0 heterocycles. The van der Waals surface area contributed by atoms with Crippen LogP contribution in [0, 0.1) is 40.4 Å². The van der Waals surface area contributed by atoms with E-state index in [1.54, 1.807) is 5.57 Å². The molecular formula is C30H48O3. The second kappa shape index (κ2) is 10.2. The zero-order chi connectivity index (χ0) is 23.6. The highest BCUT2D eigenvalue weighted by Crippen LogP contribution is 2.66. The van der Waals surface area contributed by atoms with Crippen molar-refractivity contribution in [2.24, 2.45) is 40.4 Å². The minimum Gasteiger partial charge on any atom is -0.462 e. The molecule has 0 aromatic heterocycles. The zero-order valence-electron chi connectivity index (χ0n) is 21.7. The highest BCUT2D eigenvalue weighted by Gasteiger charge is 2.58. The van der Waals surface area contributed by atoms with Gasteiger partial charge in [-0.15, -0.1) is 0 Å². The first-order chi connectivity index (χ1) is 15.8. The van der Waals surface area contributed by atoms with E-state index in [2.05, 4.69) is 33.8 Å². The molecular weight excluding hydrogens is 408 g/mol. The average molecular weight is 457 g/mol. The molecule has 3 heteroatoms. The number of esters is 1. The van der Waals surface area contributed by atoms with Gasteiger partial charge >= 0.3 is 5.97 Å². The molecule has 0 aromatic carbocycles.